The Balaban J connectivity index is 2.00. The summed E-state index contributed by atoms with van der Waals surface area (Å²) in [6.07, 6.45) is 0.188. The van der Waals surface area contributed by atoms with Gasteiger partial charge in [-0.15, -0.1) is 0 Å². The highest BCUT2D eigenvalue weighted by Crippen LogP contribution is 2.33. The Morgan fingerprint density at radius 3 is 2.57 bits per heavy atom. The number of nitrogens with zero attached hydrogens (tertiary/aromatic N) is 1. The first-order valence-corrected chi connectivity index (χ1v) is 8.88. The molecule has 0 spiro atoms. The smallest absolute Gasteiger partial charge is 0.239 e. The normalized spacial score (nSPS) is 14.5. The van der Waals surface area contributed by atoms with E-state index in [1.54, 1.807) is 30.3 Å². The van der Waals surface area contributed by atoms with E-state index in [1.807, 2.05) is 18.2 Å². The van der Waals surface area contributed by atoms with Crippen molar-refractivity contribution < 1.29 is 17.9 Å². The van der Waals surface area contributed by atoms with Gasteiger partial charge in [-0.2, -0.15) is 0 Å². The third kappa shape index (κ3) is 3.07. The van der Waals surface area contributed by atoms with Gasteiger partial charge in [-0.1, -0.05) is 30.3 Å². The minimum absolute atomic E-state index is 0.0474. The Morgan fingerprint density at radius 2 is 1.87 bits per heavy atom. The maximum Gasteiger partial charge on any atom is 0.239 e. The Labute approximate surface area is 135 Å². The SMILES string of the molecule is COc1ccc2c(c1)N(S(=O)(=O)Cc1ccccc1)CCC2=O. The van der Waals surface area contributed by atoms with Crippen LogP contribution in [0, 0.1) is 0 Å². The molecule has 0 aliphatic carbocycles. The molecule has 0 saturated heterocycles. The van der Waals surface area contributed by atoms with Crippen molar-refractivity contribution in [3.63, 3.8) is 0 Å². The van der Waals surface area contributed by atoms with Gasteiger partial charge >= 0.3 is 0 Å². The molecule has 5 nitrogen and oxygen atoms in total. The van der Waals surface area contributed by atoms with Crippen LogP contribution in [0.2, 0.25) is 0 Å². The van der Waals surface area contributed by atoms with E-state index in [4.69, 9.17) is 4.74 Å². The number of carbonyl (C=O) groups is 1. The van der Waals surface area contributed by atoms with E-state index >= 15 is 0 Å². The van der Waals surface area contributed by atoms with Crippen LogP contribution in [0.3, 0.4) is 0 Å². The lowest BCUT2D eigenvalue weighted by molar-refractivity contribution is 0.0982. The third-order valence-electron chi connectivity index (χ3n) is 3.84. The van der Waals surface area contributed by atoms with E-state index in [1.165, 1.54) is 11.4 Å². The summed E-state index contributed by atoms with van der Waals surface area (Å²) in [5.41, 5.74) is 1.54. The quantitative estimate of drug-likeness (QED) is 0.864. The fraction of sp³-hybridized carbons (Fsp3) is 0.235. The van der Waals surface area contributed by atoms with Gasteiger partial charge in [0.1, 0.15) is 5.75 Å². The molecule has 0 atom stereocenters. The fourth-order valence-electron chi connectivity index (χ4n) is 2.69. The van der Waals surface area contributed by atoms with E-state index in [-0.39, 0.29) is 24.5 Å². The molecule has 23 heavy (non-hydrogen) atoms. The lowest BCUT2D eigenvalue weighted by Crippen LogP contribution is -2.38. The number of rotatable bonds is 4. The van der Waals surface area contributed by atoms with Crippen LogP contribution in [0.25, 0.3) is 0 Å². The van der Waals surface area contributed by atoms with E-state index in [9.17, 15) is 13.2 Å². The molecule has 6 heteroatoms. The van der Waals surface area contributed by atoms with Crippen LogP contribution in [-0.4, -0.2) is 27.9 Å². The summed E-state index contributed by atoms with van der Waals surface area (Å²) in [4.78, 5) is 12.1. The number of Topliss-reactive ketones (excluding diaryl/α,β-unsaturated/α-hetero) is 1. The largest absolute Gasteiger partial charge is 0.497 e. The van der Waals surface area contributed by atoms with E-state index in [0.717, 1.165) is 0 Å². The second kappa shape index (κ2) is 6.04. The van der Waals surface area contributed by atoms with E-state index in [0.29, 0.717) is 22.6 Å². The molecule has 120 valence electrons. The van der Waals surface area contributed by atoms with Gasteiger partial charge in [-0.25, -0.2) is 8.42 Å². The Hall–Kier alpha value is -2.34. The predicted octanol–water partition coefficient (Wildman–Crippen LogP) is 2.62. The molecule has 2 aromatic carbocycles. The highest BCUT2D eigenvalue weighted by atomic mass is 32.2. The summed E-state index contributed by atoms with van der Waals surface area (Å²) in [5.74, 6) is 0.380. The predicted molar refractivity (Wildman–Crippen MR) is 88.4 cm³/mol. The van der Waals surface area contributed by atoms with E-state index < -0.39 is 10.0 Å². The highest BCUT2D eigenvalue weighted by molar-refractivity contribution is 7.92. The van der Waals surface area contributed by atoms with Crippen molar-refractivity contribution in [1.29, 1.82) is 0 Å². The van der Waals surface area contributed by atoms with Gasteiger partial charge in [-0.05, 0) is 17.7 Å². The van der Waals surface area contributed by atoms with Gasteiger partial charge in [0, 0.05) is 24.6 Å². The number of methoxy groups -OCH3 is 1. The zero-order valence-corrected chi connectivity index (χ0v) is 13.5. The average Bonchev–Trinajstić information content (AvgIpc) is 2.55. The first kappa shape index (κ1) is 15.6. The maximum absolute atomic E-state index is 12.8. The number of ketones is 1. The number of sulfonamides is 1. The Kier molecular flexibility index (Phi) is 4.09. The molecular weight excluding hydrogens is 314 g/mol. The number of anilines is 1. The Morgan fingerprint density at radius 1 is 1.13 bits per heavy atom. The second-order valence-electron chi connectivity index (χ2n) is 5.37. The minimum Gasteiger partial charge on any atom is -0.497 e. The number of carbonyl (C=O) groups excluding carboxylic acids is 1. The van der Waals surface area contributed by atoms with Gasteiger partial charge in [-0.3, -0.25) is 9.10 Å². The van der Waals surface area contributed by atoms with Crippen molar-refractivity contribution in [2.45, 2.75) is 12.2 Å². The lowest BCUT2D eigenvalue weighted by Gasteiger charge is -2.30. The number of hydrogen-bond donors (Lipinski definition) is 0. The van der Waals surface area contributed by atoms with Gasteiger partial charge in [0.2, 0.25) is 10.0 Å². The van der Waals surface area contributed by atoms with Gasteiger partial charge < -0.3 is 4.74 Å². The number of fused-ring (bicyclic) bond motifs is 1. The first-order valence-electron chi connectivity index (χ1n) is 7.27. The molecule has 3 rings (SSSR count). The van der Waals surface area contributed by atoms with Crippen molar-refractivity contribution in [2.75, 3.05) is 18.0 Å². The van der Waals surface area contributed by atoms with Crippen molar-refractivity contribution in [3.8, 4) is 5.75 Å². The Bertz CT molecular complexity index is 831. The van der Waals surface area contributed by atoms with Gasteiger partial charge in [0.15, 0.2) is 5.78 Å². The molecule has 0 N–H and O–H groups in total. The summed E-state index contributed by atoms with van der Waals surface area (Å²) in [6, 6.07) is 13.9. The summed E-state index contributed by atoms with van der Waals surface area (Å²) in [6.45, 7) is 0.161. The molecule has 2 aromatic rings. The van der Waals surface area contributed by atoms with Crippen molar-refractivity contribution in [2.24, 2.45) is 0 Å². The maximum atomic E-state index is 12.8. The van der Waals surface area contributed by atoms with Crippen LogP contribution >= 0.6 is 0 Å². The monoisotopic (exact) mass is 331 g/mol. The van der Waals surface area contributed by atoms with E-state index in [2.05, 4.69) is 0 Å². The van der Waals surface area contributed by atoms with Crippen molar-refractivity contribution in [3.05, 3.63) is 59.7 Å². The molecular formula is C17H17NO4S. The van der Waals surface area contributed by atoms with Crippen LogP contribution in [0.15, 0.2) is 48.5 Å². The summed E-state index contributed by atoms with van der Waals surface area (Å²) in [5, 5.41) is 0. The molecule has 0 saturated carbocycles. The second-order valence-corrected chi connectivity index (χ2v) is 7.26. The van der Waals surface area contributed by atoms with Crippen LogP contribution in [-0.2, 0) is 15.8 Å². The summed E-state index contributed by atoms with van der Waals surface area (Å²) < 4.78 is 32.1. The molecule has 0 amide bonds. The van der Waals surface area contributed by atoms with Crippen LogP contribution < -0.4 is 9.04 Å². The number of hydrogen-bond acceptors (Lipinski definition) is 4. The number of benzene rings is 2. The lowest BCUT2D eigenvalue weighted by atomic mass is 10.0. The van der Waals surface area contributed by atoms with Crippen LogP contribution in [0.4, 0.5) is 5.69 Å². The third-order valence-corrected chi connectivity index (χ3v) is 5.59. The van der Waals surface area contributed by atoms with Crippen molar-refractivity contribution in [1.82, 2.24) is 0 Å². The van der Waals surface area contributed by atoms with Gasteiger partial charge in [0.25, 0.3) is 0 Å². The topological polar surface area (TPSA) is 63.7 Å². The molecule has 0 aromatic heterocycles. The molecule has 0 fully saturated rings. The first-order chi connectivity index (χ1) is 11.0. The zero-order valence-electron chi connectivity index (χ0n) is 12.7. The molecule has 1 heterocycles. The average molecular weight is 331 g/mol. The van der Waals surface area contributed by atoms with Crippen LogP contribution in [0.5, 0.6) is 5.75 Å². The molecule has 0 bridgehead atoms. The molecule has 1 aliphatic heterocycles. The zero-order chi connectivity index (χ0) is 16.4. The number of ether oxygens (including phenoxy) is 1. The van der Waals surface area contributed by atoms with Crippen molar-refractivity contribution >= 4 is 21.5 Å². The minimum atomic E-state index is -3.57. The summed E-state index contributed by atoms with van der Waals surface area (Å²) >= 11 is 0. The highest BCUT2D eigenvalue weighted by Gasteiger charge is 2.31. The molecule has 1 aliphatic rings. The summed E-state index contributed by atoms with van der Waals surface area (Å²) in [7, 11) is -2.06. The standard InChI is InChI=1S/C17H17NO4S/c1-22-14-7-8-15-16(11-14)18(10-9-17(15)19)23(20,21)12-13-5-3-2-4-6-13/h2-8,11H,9-10,12H2,1H3. The molecule has 0 unspecified atom stereocenters. The van der Waals surface area contributed by atoms with Gasteiger partial charge in [0.05, 0.1) is 18.6 Å². The van der Waals surface area contributed by atoms with Crippen LogP contribution in [0.1, 0.15) is 22.3 Å². The molecule has 0 radical (unpaired) electrons. The fourth-order valence-corrected chi connectivity index (χ4v) is 4.28.